The first-order valence-electron chi connectivity index (χ1n) is 5.92. The maximum atomic E-state index is 8.96. The number of halogens is 2. The third-order valence-electron chi connectivity index (χ3n) is 3.18. The van der Waals surface area contributed by atoms with Gasteiger partial charge in [0.05, 0.1) is 22.7 Å². The molecule has 1 aromatic heterocycles. The molecule has 0 aliphatic heterocycles. The molecule has 98 valence electrons. The van der Waals surface area contributed by atoms with Crippen LogP contribution in [0.25, 0.3) is 22.4 Å². The number of benzene rings is 2. The van der Waals surface area contributed by atoms with Crippen LogP contribution in [0.3, 0.4) is 0 Å². The van der Waals surface area contributed by atoms with E-state index >= 15 is 0 Å². The van der Waals surface area contributed by atoms with Crippen LogP contribution in [0.5, 0.6) is 0 Å². The average Bonchev–Trinajstić information content (AvgIpc) is 2.75. The predicted molar refractivity (Wildman–Crippen MR) is 83.6 cm³/mol. The summed E-state index contributed by atoms with van der Waals surface area (Å²) < 4.78 is 2.90. The van der Waals surface area contributed by atoms with Crippen LogP contribution in [-0.2, 0) is 7.05 Å². The number of nitriles is 1. The standard InChI is InChI=1S/C15H9BrClN3/c1-20-14-5-2-9(8-18)6-13(14)19-15(20)11-4-3-10(17)7-12(11)16/h2-7H,1H3. The van der Waals surface area contributed by atoms with Gasteiger partial charge in [0.2, 0.25) is 0 Å². The molecule has 0 aliphatic rings. The summed E-state index contributed by atoms with van der Waals surface area (Å²) in [5.41, 5.74) is 3.37. The van der Waals surface area contributed by atoms with Crippen molar-refractivity contribution in [3.63, 3.8) is 0 Å². The number of fused-ring (bicyclic) bond motifs is 1. The van der Waals surface area contributed by atoms with Crippen molar-refractivity contribution in [1.82, 2.24) is 9.55 Å². The van der Waals surface area contributed by atoms with Crippen LogP contribution in [0.15, 0.2) is 40.9 Å². The van der Waals surface area contributed by atoms with Gasteiger partial charge in [0.1, 0.15) is 5.82 Å². The Kier molecular flexibility index (Phi) is 3.25. The molecule has 0 saturated carbocycles. The van der Waals surface area contributed by atoms with Crippen molar-refractivity contribution in [2.45, 2.75) is 0 Å². The molecule has 0 atom stereocenters. The monoisotopic (exact) mass is 345 g/mol. The maximum absolute atomic E-state index is 8.96. The molecule has 0 spiro atoms. The summed E-state index contributed by atoms with van der Waals surface area (Å²) in [5, 5.41) is 9.63. The number of hydrogen-bond donors (Lipinski definition) is 0. The fourth-order valence-corrected chi connectivity index (χ4v) is 3.04. The molecule has 0 saturated heterocycles. The fourth-order valence-electron chi connectivity index (χ4n) is 2.18. The molecule has 0 radical (unpaired) electrons. The van der Waals surface area contributed by atoms with Crippen molar-refractivity contribution in [2.75, 3.05) is 0 Å². The first kappa shape index (κ1) is 13.2. The summed E-state index contributed by atoms with van der Waals surface area (Å²) in [7, 11) is 1.96. The molecule has 0 bridgehead atoms. The summed E-state index contributed by atoms with van der Waals surface area (Å²) >= 11 is 9.48. The van der Waals surface area contributed by atoms with Crippen molar-refractivity contribution in [3.05, 3.63) is 51.5 Å². The van der Waals surface area contributed by atoms with E-state index in [1.54, 1.807) is 12.1 Å². The van der Waals surface area contributed by atoms with Gasteiger partial charge in [-0.15, -0.1) is 0 Å². The molecule has 5 heteroatoms. The van der Waals surface area contributed by atoms with E-state index in [4.69, 9.17) is 16.9 Å². The Bertz CT molecular complexity index is 861. The zero-order valence-electron chi connectivity index (χ0n) is 10.6. The first-order valence-corrected chi connectivity index (χ1v) is 7.09. The highest BCUT2D eigenvalue weighted by Crippen LogP contribution is 2.31. The van der Waals surface area contributed by atoms with Gasteiger partial charge >= 0.3 is 0 Å². The topological polar surface area (TPSA) is 41.6 Å². The Morgan fingerprint density at radius 2 is 2.05 bits per heavy atom. The Morgan fingerprint density at radius 3 is 2.75 bits per heavy atom. The van der Waals surface area contributed by atoms with Gasteiger partial charge in [-0.3, -0.25) is 0 Å². The van der Waals surface area contributed by atoms with Gasteiger partial charge in [-0.05, 0) is 52.3 Å². The molecule has 3 aromatic rings. The van der Waals surface area contributed by atoms with Crippen molar-refractivity contribution in [1.29, 1.82) is 5.26 Å². The minimum atomic E-state index is 0.609. The molecule has 3 nitrogen and oxygen atoms in total. The summed E-state index contributed by atoms with van der Waals surface area (Å²) in [6.45, 7) is 0. The lowest BCUT2D eigenvalue weighted by Gasteiger charge is -2.05. The van der Waals surface area contributed by atoms with Crippen molar-refractivity contribution in [3.8, 4) is 17.5 Å². The number of hydrogen-bond acceptors (Lipinski definition) is 2. The third kappa shape index (κ3) is 2.09. The van der Waals surface area contributed by atoms with Crippen LogP contribution < -0.4 is 0 Å². The highest BCUT2D eigenvalue weighted by molar-refractivity contribution is 9.10. The highest BCUT2D eigenvalue weighted by Gasteiger charge is 2.13. The first-order chi connectivity index (χ1) is 9.60. The number of imidazole rings is 1. The van der Waals surface area contributed by atoms with E-state index in [1.165, 1.54) is 0 Å². The largest absolute Gasteiger partial charge is 0.327 e. The molecule has 1 heterocycles. The number of aryl methyl sites for hydroxylation is 1. The second-order valence-corrected chi connectivity index (χ2v) is 5.72. The van der Waals surface area contributed by atoms with E-state index in [1.807, 2.05) is 35.9 Å². The number of nitrogens with zero attached hydrogens (tertiary/aromatic N) is 3. The fraction of sp³-hybridized carbons (Fsp3) is 0.0667. The zero-order valence-corrected chi connectivity index (χ0v) is 12.9. The second kappa shape index (κ2) is 4.93. The molecule has 20 heavy (non-hydrogen) atoms. The Hall–Kier alpha value is -1.83. The molecule has 0 aliphatic carbocycles. The van der Waals surface area contributed by atoms with E-state index in [9.17, 15) is 0 Å². The normalized spacial score (nSPS) is 10.7. The molecule has 3 rings (SSSR count). The van der Waals surface area contributed by atoms with Crippen LogP contribution in [0.2, 0.25) is 5.02 Å². The second-order valence-electron chi connectivity index (χ2n) is 4.43. The zero-order chi connectivity index (χ0) is 14.3. The van der Waals surface area contributed by atoms with Crippen LogP contribution in [0.1, 0.15) is 5.56 Å². The SMILES string of the molecule is Cn1c(-c2ccc(Cl)cc2Br)nc2cc(C#N)ccc21. The van der Waals surface area contributed by atoms with Crippen molar-refractivity contribution >= 4 is 38.6 Å². The van der Waals surface area contributed by atoms with E-state index in [-0.39, 0.29) is 0 Å². The van der Waals surface area contributed by atoms with Gasteiger partial charge in [-0.25, -0.2) is 4.98 Å². The minimum absolute atomic E-state index is 0.609. The van der Waals surface area contributed by atoms with Crippen molar-refractivity contribution in [2.24, 2.45) is 7.05 Å². The van der Waals surface area contributed by atoms with E-state index < -0.39 is 0 Å². The molecule has 0 N–H and O–H groups in total. The van der Waals surface area contributed by atoms with Gasteiger partial charge < -0.3 is 4.57 Å². The Labute approximate surface area is 129 Å². The van der Waals surface area contributed by atoms with Gasteiger partial charge in [0.15, 0.2) is 0 Å². The van der Waals surface area contributed by atoms with Crippen LogP contribution >= 0.6 is 27.5 Å². The molecule has 2 aromatic carbocycles. The Balaban J connectivity index is 2.26. The molecule has 0 fully saturated rings. The molecular formula is C15H9BrClN3. The van der Waals surface area contributed by atoms with Gasteiger partial charge in [-0.2, -0.15) is 5.26 Å². The van der Waals surface area contributed by atoms with Crippen LogP contribution in [0, 0.1) is 11.3 Å². The number of rotatable bonds is 1. The van der Waals surface area contributed by atoms with Crippen molar-refractivity contribution < 1.29 is 0 Å². The summed E-state index contributed by atoms with van der Waals surface area (Å²) in [6.07, 6.45) is 0. The molecule has 0 unspecified atom stereocenters. The van der Waals surface area contributed by atoms with E-state index in [2.05, 4.69) is 27.0 Å². The van der Waals surface area contributed by atoms with Crippen LogP contribution in [-0.4, -0.2) is 9.55 Å². The highest BCUT2D eigenvalue weighted by atomic mass is 79.9. The quantitative estimate of drug-likeness (QED) is 0.649. The molecular weight excluding hydrogens is 338 g/mol. The molecule has 0 amide bonds. The Morgan fingerprint density at radius 1 is 1.25 bits per heavy atom. The van der Waals surface area contributed by atoms with Crippen LogP contribution in [0.4, 0.5) is 0 Å². The van der Waals surface area contributed by atoms with Gasteiger partial charge in [0, 0.05) is 22.1 Å². The lowest BCUT2D eigenvalue weighted by Crippen LogP contribution is -1.93. The summed E-state index contributed by atoms with van der Waals surface area (Å²) in [5.74, 6) is 0.832. The van der Waals surface area contributed by atoms with E-state index in [0.717, 1.165) is 26.9 Å². The smallest absolute Gasteiger partial charge is 0.142 e. The lowest BCUT2D eigenvalue weighted by atomic mass is 10.2. The van der Waals surface area contributed by atoms with E-state index in [0.29, 0.717) is 10.6 Å². The third-order valence-corrected chi connectivity index (χ3v) is 4.07. The summed E-state index contributed by atoms with van der Waals surface area (Å²) in [6, 6.07) is 13.2. The average molecular weight is 347 g/mol. The van der Waals surface area contributed by atoms with Gasteiger partial charge in [-0.1, -0.05) is 11.6 Å². The number of aromatic nitrogens is 2. The summed E-state index contributed by atoms with van der Waals surface area (Å²) in [4.78, 5) is 4.62. The lowest BCUT2D eigenvalue weighted by molar-refractivity contribution is 0.958. The maximum Gasteiger partial charge on any atom is 0.142 e. The minimum Gasteiger partial charge on any atom is -0.327 e. The predicted octanol–water partition coefficient (Wildman–Crippen LogP) is 4.53. The van der Waals surface area contributed by atoms with Gasteiger partial charge in [0.25, 0.3) is 0 Å².